The summed E-state index contributed by atoms with van der Waals surface area (Å²) in [6.07, 6.45) is 6.21. The van der Waals surface area contributed by atoms with Gasteiger partial charge in [0.05, 0.1) is 13.2 Å². The van der Waals surface area contributed by atoms with Crippen LogP contribution in [0.3, 0.4) is 0 Å². The number of hydrogen-bond donors (Lipinski definition) is 1. The molecular weight excluding hydrogens is 230 g/mol. The summed E-state index contributed by atoms with van der Waals surface area (Å²) in [6, 6.07) is 0. The van der Waals surface area contributed by atoms with Gasteiger partial charge in [-0.1, -0.05) is 12.8 Å². The van der Waals surface area contributed by atoms with E-state index in [4.69, 9.17) is 19.9 Å². The molecule has 4 nitrogen and oxygen atoms in total. The van der Waals surface area contributed by atoms with E-state index in [1.807, 2.05) is 0 Å². The van der Waals surface area contributed by atoms with Gasteiger partial charge < -0.3 is 19.9 Å². The van der Waals surface area contributed by atoms with E-state index < -0.39 is 0 Å². The van der Waals surface area contributed by atoms with Crippen molar-refractivity contribution in [1.29, 1.82) is 0 Å². The first-order valence-corrected chi connectivity index (χ1v) is 7.23. The van der Waals surface area contributed by atoms with Crippen LogP contribution in [0.15, 0.2) is 0 Å². The third kappa shape index (κ3) is 6.69. The smallest absolute Gasteiger partial charge is 0.0700 e. The van der Waals surface area contributed by atoms with E-state index in [2.05, 4.69) is 0 Å². The maximum absolute atomic E-state index is 5.80. The van der Waals surface area contributed by atoms with E-state index in [0.717, 1.165) is 32.8 Å². The minimum Gasteiger partial charge on any atom is -0.382 e. The molecule has 0 heterocycles. The fourth-order valence-corrected chi connectivity index (χ4v) is 2.56. The van der Waals surface area contributed by atoms with E-state index in [1.54, 1.807) is 7.11 Å². The Kier molecular flexibility index (Phi) is 9.48. The van der Waals surface area contributed by atoms with Gasteiger partial charge in [0.25, 0.3) is 0 Å². The highest BCUT2D eigenvalue weighted by atomic mass is 16.5. The van der Waals surface area contributed by atoms with Gasteiger partial charge in [-0.3, -0.25) is 0 Å². The molecule has 2 N–H and O–H groups in total. The van der Waals surface area contributed by atoms with Crippen molar-refractivity contribution in [2.75, 3.05) is 46.7 Å². The summed E-state index contributed by atoms with van der Waals surface area (Å²) in [5, 5.41) is 0. The lowest BCUT2D eigenvalue weighted by Crippen LogP contribution is -2.30. The number of nitrogens with two attached hydrogens (primary N) is 1. The van der Waals surface area contributed by atoms with Crippen LogP contribution in [-0.4, -0.2) is 46.7 Å². The van der Waals surface area contributed by atoms with E-state index in [1.165, 1.54) is 25.7 Å². The monoisotopic (exact) mass is 259 g/mol. The summed E-state index contributed by atoms with van der Waals surface area (Å²) in [6.45, 7) is 4.58. The lowest BCUT2D eigenvalue weighted by molar-refractivity contribution is 0.0318. The average Bonchev–Trinajstić information content (AvgIpc) is 2.42. The zero-order valence-electron chi connectivity index (χ0n) is 11.7. The number of ether oxygens (including phenoxy) is 3. The molecule has 2 atom stereocenters. The lowest BCUT2D eigenvalue weighted by atomic mass is 9.80. The number of hydrogen-bond acceptors (Lipinski definition) is 4. The summed E-state index contributed by atoms with van der Waals surface area (Å²) >= 11 is 0. The Morgan fingerprint density at radius 1 is 0.944 bits per heavy atom. The SMILES string of the molecule is COCCOCCCOCC1CCCCC1CN. The molecule has 1 aliphatic rings. The predicted molar refractivity (Wildman–Crippen MR) is 72.6 cm³/mol. The molecule has 0 radical (unpaired) electrons. The second kappa shape index (κ2) is 10.7. The van der Waals surface area contributed by atoms with Crippen molar-refractivity contribution in [2.24, 2.45) is 17.6 Å². The van der Waals surface area contributed by atoms with Crippen molar-refractivity contribution in [3.63, 3.8) is 0 Å². The Balaban J connectivity index is 1.93. The molecule has 0 bridgehead atoms. The highest BCUT2D eigenvalue weighted by Crippen LogP contribution is 2.29. The molecule has 0 aromatic heterocycles. The first-order valence-electron chi connectivity index (χ1n) is 7.23. The highest BCUT2D eigenvalue weighted by molar-refractivity contribution is 4.75. The van der Waals surface area contributed by atoms with Crippen molar-refractivity contribution < 1.29 is 14.2 Å². The summed E-state index contributed by atoms with van der Waals surface area (Å²) < 4.78 is 16.0. The lowest BCUT2D eigenvalue weighted by Gasteiger charge is -2.30. The molecule has 18 heavy (non-hydrogen) atoms. The van der Waals surface area contributed by atoms with Gasteiger partial charge in [-0.25, -0.2) is 0 Å². The molecule has 108 valence electrons. The van der Waals surface area contributed by atoms with Crippen molar-refractivity contribution in [2.45, 2.75) is 32.1 Å². The molecule has 1 aliphatic carbocycles. The van der Waals surface area contributed by atoms with Gasteiger partial charge in [0.15, 0.2) is 0 Å². The first kappa shape index (κ1) is 15.9. The molecular formula is C14H29NO3. The Hall–Kier alpha value is -0.160. The van der Waals surface area contributed by atoms with Crippen molar-refractivity contribution >= 4 is 0 Å². The normalized spacial score (nSPS) is 24.3. The highest BCUT2D eigenvalue weighted by Gasteiger charge is 2.23. The molecule has 1 saturated carbocycles. The molecule has 4 heteroatoms. The third-order valence-corrected chi connectivity index (χ3v) is 3.71. The van der Waals surface area contributed by atoms with Gasteiger partial charge in [0.2, 0.25) is 0 Å². The molecule has 0 amide bonds. The van der Waals surface area contributed by atoms with Crippen LogP contribution in [0.5, 0.6) is 0 Å². The van der Waals surface area contributed by atoms with Crippen molar-refractivity contribution in [3.8, 4) is 0 Å². The van der Waals surface area contributed by atoms with Crippen LogP contribution in [0, 0.1) is 11.8 Å². The van der Waals surface area contributed by atoms with Gasteiger partial charge in [-0.15, -0.1) is 0 Å². The summed E-state index contributed by atoms with van der Waals surface area (Å²) in [7, 11) is 1.69. The number of rotatable bonds is 10. The van der Waals surface area contributed by atoms with Gasteiger partial charge in [-0.2, -0.15) is 0 Å². The fraction of sp³-hybridized carbons (Fsp3) is 1.00. The second-order valence-corrected chi connectivity index (χ2v) is 5.07. The van der Waals surface area contributed by atoms with Crippen molar-refractivity contribution in [1.82, 2.24) is 0 Å². The standard InChI is InChI=1S/C14H29NO3/c1-16-9-10-17-7-4-8-18-12-14-6-3-2-5-13(14)11-15/h13-14H,2-12,15H2,1H3. The third-order valence-electron chi connectivity index (χ3n) is 3.71. The average molecular weight is 259 g/mol. The van der Waals surface area contributed by atoms with Crippen LogP contribution in [0.1, 0.15) is 32.1 Å². The zero-order chi connectivity index (χ0) is 13.1. The summed E-state index contributed by atoms with van der Waals surface area (Å²) in [5.74, 6) is 1.36. The maximum Gasteiger partial charge on any atom is 0.0700 e. The van der Waals surface area contributed by atoms with Gasteiger partial charge in [0.1, 0.15) is 0 Å². The van der Waals surface area contributed by atoms with Crippen LogP contribution in [0.4, 0.5) is 0 Å². The van der Waals surface area contributed by atoms with Crippen LogP contribution < -0.4 is 5.73 Å². The van der Waals surface area contributed by atoms with Gasteiger partial charge in [-0.05, 0) is 37.6 Å². The molecule has 1 rings (SSSR count). The van der Waals surface area contributed by atoms with E-state index in [-0.39, 0.29) is 0 Å². The summed E-state index contributed by atoms with van der Waals surface area (Å²) in [4.78, 5) is 0. The van der Waals surface area contributed by atoms with Crippen LogP contribution >= 0.6 is 0 Å². The quantitative estimate of drug-likeness (QED) is 0.608. The Labute approximate surface area is 111 Å². The Morgan fingerprint density at radius 3 is 2.39 bits per heavy atom. The maximum atomic E-state index is 5.80. The Bertz CT molecular complexity index is 190. The van der Waals surface area contributed by atoms with E-state index in [9.17, 15) is 0 Å². The van der Waals surface area contributed by atoms with Gasteiger partial charge in [0, 0.05) is 26.9 Å². The summed E-state index contributed by atoms with van der Waals surface area (Å²) in [5.41, 5.74) is 5.80. The van der Waals surface area contributed by atoms with E-state index >= 15 is 0 Å². The Morgan fingerprint density at radius 2 is 1.67 bits per heavy atom. The fourth-order valence-electron chi connectivity index (χ4n) is 2.56. The van der Waals surface area contributed by atoms with Crippen molar-refractivity contribution in [3.05, 3.63) is 0 Å². The molecule has 2 unspecified atom stereocenters. The molecule has 0 aromatic rings. The molecule has 0 aliphatic heterocycles. The van der Waals surface area contributed by atoms with Crippen LogP contribution in [0.2, 0.25) is 0 Å². The molecule has 0 spiro atoms. The topological polar surface area (TPSA) is 53.7 Å². The largest absolute Gasteiger partial charge is 0.382 e. The first-order chi connectivity index (χ1) is 8.88. The zero-order valence-corrected chi connectivity index (χ0v) is 11.7. The number of methoxy groups -OCH3 is 1. The molecule has 0 aromatic carbocycles. The molecule has 1 fully saturated rings. The van der Waals surface area contributed by atoms with Crippen LogP contribution in [0.25, 0.3) is 0 Å². The minimum atomic E-state index is 0.668. The second-order valence-electron chi connectivity index (χ2n) is 5.07. The minimum absolute atomic E-state index is 0.668. The van der Waals surface area contributed by atoms with Gasteiger partial charge >= 0.3 is 0 Å². The molecule has 0 saturated heterocycles. The van der Waals surface area contributed by atoms with E-state index in [0.29, 0.717) is 25.0 Å². The van der Waals surface area contributed by atoms with Crippen LogP contribution in [-0.2, 0) is 14.2 Å². The predicted octanol–water partition coefficient (Wildman–Crippen LogP) is 1.82.